The maximum absolute atomic E-state index is 13.6. The molecule has 3 rings (SSSR count). The Morgan fingerprint density at radius 3 is 2.78 bits per heavy atom. The van der Waals surface area contributed by atoms with Crippen LogP contribution in [0, 0.1) is 5.82 Å². The van der Waals surface area contributed by atoms with E-state index in [1.807, 2.05) is 4.57 Å². The zero-order valence-electron chi connectivity index (χ0n) is 12.2. The van der Waals surface area contributed by atoms with Crippen molar-refractivity contribution in [2.75, 3.05) is 0 Å². The van der Waals surface area contributed by atoms with Crippen molar-refractivity contribution in [3.05, 3.63) is 72.1 Å². The number of carboxylic acids is 1. The molecule has 0 spiro atoms. The van der Waals surface area contributed by atoms with E-state index in [1.54, 1.807) is 30.7 Å². The molecule has 1 aromatic carbocycles. The van der Waals surface area contributed by atoms with Gasteiger partial charge < -0.3 is 9.67 Å². The lowest BCUT2D eigenvalue weighted by atomic mass is 10.1. The van der Waals surface area contributed by atoms with Gasteiger partial charge in [0.2, 0.25) is 0 Å². The molecular weight excluding hydrogens is 297 g/mol. The van der Waals surface area contributed by atoms with Gasteiger partial charge in [0.25, 0.3) is 0 Å². The second kappa shape index (κ2) is 6.39. The van der Waals surface area contributed by atoms with Crippen LogP contribution in [0.15, 0.2) is 55.1 Å². The molecule has 1 N–H and O–H groups in total. The molecule has 2 aromatic heterocycles. The number of benzene rings is 1. The van der Waals surface area contributed by atoms with Crippen LogP contribution in [-0.4, -0.2) is 25.6 Å². The lowest BCUT2D eigenvalue weighted by Gasteiger charge is -2.03. The number of hydrogen-bond acceptors (Lipinski definition) is 3. The van der Waals surface area contributed by atoms with Crippen molar-refractivity contribution >= 4 is 5.97 Å². The molecule has 0 saturated heterocycles. The van der Waals surface area contributed by atoms with Crippen LogP contribution in [0.2, 0.25) is 0 Å². The highest BCUT2D eigenvalue weighted by atomic mass is 19.1. The van der Waals surface area contributed by atoms with Crippen molar-refractivity contribution in [2.24, 2.45) is 0 Å². The van der Waals surface area contributed by atoms with Crippen LogP contribution in [0.5, 0.6) is 0 Å². The molecule has 0 bridgehead atoms. The molecule has 0 fully saturated rings. The zero-order chi connectivity index (χ0) is 16.2. The molecule has 23 heavy (non-hydrogen) atoms. The van der Waals surface area contributed by atoms with Gasteiger partial charge in [-0.3, -0.25) is 4.98 Å². The minimum absolute atomic E-state index is 0.163. The highest BCUT2D eigenvalue weighted by Crippen LogP contribution is 2.16. The number of imidazole rings is 1. The van der Waals surface area contributed by atoms with E-state index in [0.29, 0.717) is 29.9 Å². The summed E-state index contributed by atoms with van der Waals surface area (Å²) in [6.07, 6.45) is 5.39. The molecule has 0 unspecified atom stereocenters. The largest absolute Gasteiger partial charge is 0.478 e. The fourth-order valence-electron chi connectivity index (χ4n) is 2.27. The summed E-state index contributed by atoms with van der Waals surface area (Å²) in [5.74, 6) is -1.23. The van der Waals surface area contributed by atoms with Crippen molar-refractivity contribution in [1.29, 1.82) is 0 Å². The van der Waals surface area contributed by atoms with Crippen molar-refractivity contribution < 1.29 is 14.3 Å². The topological polar surface area (TPSA) is 68.0 Å². The van der Waals surface area contributed by atoms with Crippen LogP contribution >= 0.6 is 0 Å². The fraction of sp³-hybridized carbons (Fsp3) is 0.118. The van der Waals surface area contributed by atoms with E-state index >= 15 is 0 Å². The molecule has 0 aliphatic rings. The quantitative estimate of drug-likeness (QED) is 0.786. The maximum atomic E-state index is 13.6. The van der Waals surface area contributed by atoms with Gasteiger partial charge in [-0.15, -0.1) is 0 Å². The SMILES string of the molecule is O=C(O)c1ccnc(-c2cn(CCc3ccccc3F)cn2)c1. The summed E-state index contributed by atoms with van der Waals surface area (Å²) in [6, 6.07) is 9.57. The third-order valence-corrected chi connectivity index (χ3v) is 3.50. The van der Waals surface area contributed by atoms with Crippen LogP contribution in [-0.2, 0) is 13.0 Å². The number of rotatable bonds is 5. The van der Waals surface area contributed by atoms with E-state index in [4.69, 9.17) is 5.11 Å². The first-order valence-electron chi connectivity index (χ1n) is 7.08. The maximum Gasteiger partial charge on any atom is 0.335 e. The summed E-state index contributed by atoms with van der Waals surface area (Å²) in [5, 5.41) is 9.01. The third-order valence-electron chi connectivity index (χ3n) is 3.50. The van der Waals surface area contributed by atoms with Crippen molar-refractivity contribution in [3.8, 4) is 11.4 Å². The summed E-state index contributed by atoms with van der Waals surface area (Å²) in [4.78, 5) is 19.4. The van der Waals surface area contributed by atoms with Crippen LogP contribution in [0.4, 0.5) is 4.39 Å². The van der Waals surface area contributed by atoms with E-state index < -0.39 is 5.97 Å². The smallest absolute Gasteiger partial charge is 0.335 e. The standard InChI is InChI=1S/C17H14FN3O2/c18-14-4-2-1-3-12(14)6-8-21-10-16(20-11-21)15-9-13(17(22)23)5-7-19-15/h1-5,7,9-11H,6,8H2,(H,22,23). The Labute approximate surface area is 132 Å². The number of aromatic carboxylic acids is 1. The van der Waals surface area contributed by atoms with Gasteiger partial charge in [0, 0.05) is 18.9 Å². The number of aryl methyl sites for hydroxylation is 2. The Balaban J connectivity index is 1.74. The molecule has 0 amide bonds. The molecule has 0 radical (unpaired) electrons. The van der Waals surface area contributed by atoms with Crippen LogP contribution < -0.4 is 0 Å². The predicted molar refractivity (Wildman–Crippen MR) is 82.5 cm³/mol. The molecule has 3 aromatic rings. The molecule has 2 heterocycles. The van der Waals surface area contributed by atoms with E-state index in [0.717, 1.165) is 0 Å². The van der Waals surface area contributed by atoms with Gasteiger partial charge in [-0.2, -0.15) is 0 Å². The van der Waals surface area contributed by atoms with Crippen molar-refractivity contribution in [1.82, 2.24) is 14.5 Å². The van der Waals surface area contributed by atoms with Gasteiger partial charge in [0.1, 0.15) is 11.5 Å². The van der Waals surface area contributed by atoms with Gasteiger partial charge >= 0.3 is 5.97 Å². The summed E-state index contributed by atoms with van der Waals surface area (Å²) in [5.41, 5.74) is 1.89. The summed E-state index contributed by atoms with van der Waals surface area (Å²) >= 11 is 0. The van der Waals surface area contributed by atoms with Gasteiger partial charge in [-0.1, -0.05) is 18.2 Å². The molecule has 5 nitrogen and oxygen atoms in total. The molecule has 0 aliphatic heterocycles. The Bertz CT molecular complexity index is 845. The third kappa shape index (κ3) is 3.42. The number of nitrogens with zero attached hydrogens (tertiary/aromatic N) is 3. The number of pyridine rings is 1. The van der Waals surface area contributed by atoms with Crippen molar-refractivity contribution in [2.45, 2.75) is 13.0 Å². The number of hydrogen-bond donors (Lipinski definition) is 1. The number of aromatic nitrogens is 3. The average Bonchev–Trinajstić information content (AvgIpc) is 3.03. The Kier molecular flexibility index (Phi) is 4.14. The minimum Gasteiger partial charge on any atom is -0.478 e. The molecule has 0 atom stereocenters. The second-order valence-electron chi connectivity index (χ2n) is 5.07. The minimum atomic E-state index is -1.01. The molecule has 116 valence electrons. The summed E-state index contributed by atoms with van der Waals surface area (Å²) in [6.45, 7) is 0.576. The lowest BCUT2D eigenvalue weighted by Crippen LogP contribution is -2.00. The Morgan fingerprint density at radius 2 is 2.00 bits per heavy atom. The Hall–Kier alpha value is -3.02. The predicted octanol–water partition coefficient (Wildman–Crippen LogP) is 3.03. The van der Waals surface area contributed by atoms with Gasteiger partial charge in [0.15, 0.2) is 0 Å². The first-order valence-corrected chi connectivity index (χ1v) is 7.08. The summed E-state index contributed by atoms with van der Waals surface area (Å²) in [7, 11) is 0. The number of carbonyl (C=O) groups is 1. The van der Waals surface area contributed by atoms with Crippen LogP contribution in [0.3, 0.4) is 0 Å². The van der Waals surface area contributed by atoms with E-state index in [9.17, 15) is 9.18 Å². The highest BCUT2D eigenvalue weighted by Gasteiger charge is 2.09. The van der Waals surface area contributed by atoms with Gasteiger partial charge in [-0.25, -0.2) is 14.2 Å². The van der Waals surface area contributed by atoms with E-state index in [2.05, 4.69) is 9.97 Å². The van der Waals surface area contributed by atoms with Gasteiger partial charge in [-0.05, 0) is 30.2 Å². The molecule has 6 heteroatoms. The van der Waals surface area contributed by atoms with Gasteiger partial charge in [0.05, 0.1) is 17.6 Å². The molecular formula is C17H14FN3O2. The van der Waals surface area contributed by atoms with Crippen LogP contribution in [0.1, 0.15) is 15.9 Å². The van der Waals surface area contributed by atoms with E-state index in [-0.39, 0.29) is 11.4 Å². The van der Waals surface area contributed by atoms with Crippen LogP contribution in [0.25, 0.3) is 11.4 Å². The number of halogens is 1. The molecule has 0 saturated carbocycles. The summed E-state index contributed by atoms with van der Waals surface area (Å²) < 4.78 is 15.4. The van der Waals surface area contributed by atoms with E-state index in [1.165, 1.54) is 24.4 Å². The first kappa shape index (κ1) is 14.9. The second-order valence-corrected chi connectivity index (χ2v) is 5.07. The first-order chi connectivity index (χ1) is 11.1. The monoisotopic (exact) mass is 311 g/mol. The highest BCUT2D eigenvalue weighted by molar-refractivity contribution is 5.88. The average molecular weight is 311 g/mol. The Morgan fingerprint density at radius 1 is 1.17 bits per heavy atom. The lowest BCUT2D eigenvalue weighted by molar-refractivity contribution is 0.0697. The number of carboxylic acid groups (broad SMARTS) is 1. The zero-order valence-corrected chi connectivity index (χ0v) is 12.2. The molecule has 0 aliphatic carbocycles. The van der Waals surface area contributed by atoms with Crippen molar-refractivity contribution in [3.63, 3.8) is 0 Å². The fourth-order valence-corrected chi connectivity index (χ4v) is 2.27. The normalized spacial score (nSPS) is 10.7.